The highest BCUT2D eigenvalue weighted by atomic mass is 35.5. The van der Waals surface area contributed by atoms with Crippen molar-refractivity contribution in [2.24, 2.45) is 0 Å². The summed E-state index contributed by atoms with van der Waals surface area (Å²) < 4.78 is 23.7. The maximum absolute atomic E-state index is 11.8. The van der Waals surface area contributed by atoms with Crippen LogP contribution in [0.2, 0.25) is 10.3 Å². The Bertz CT molecular complexity index is 557. The molecule has 2 aromatic heterocycles. The zero-order valence-electron chi connectivity index (χ0n) is 9.17. The summed E-state index contributed by atoms with van der Waals surface area (Å²) in [4.78, 5) is 24.1. The summed E-state index contributed by atoms with van der Waals surface area (Å²) in [5.74, 6) is 0. The van der Waals surface area contributed by atoms with Crippen LogP contribution in [-0.4, -0.2) is 26.2 Å². The van der Waals surface area contributed by atoms with Gasteiger partial charge in [-0.15, -0.1) is 0 Å². The average Bonchev–Trinajstić information content (AvgIpc) is 2.40. The molecule has 0 saturated carbocycles. The smallest absolute Gasteiger partial charge is 0.283 e. The van der Waals surface area contributed by atoms with Crippen LogP contribution in [0.25, 0.3) is 0 Å². The van der Waals surface area contributed by atoms with E-state index < -0.39 is 12.1 Å². The van der Waals surface area contributed by atoms with Gasteiger partial charge in [-0.05, 0) is 0 Å². The number of nitrogens with zero attached hydrogens (tertiary/aromatic N) is 4. The first-order valence-corrected chi connectivity index (χ1v) is 5.48. The van der Waals surface area contributed by atoms with Crippen molar-refractivity contribution >= 4 is 29.5 Å². The lowest BCUT2D eigenvalue weighted by atomic mass is 10.5. The molecule has 0 aliphatic rings. The first-order valence-electron chi connectivity index (χ1n) is 4.72. The largest absolute Gasteiger partial charge is 0.296 e. The van der Waals surface area contributed by atoms with Gasteiger partial charge >= 0.3 is 0 Å². The van der Waals surface area contributed by atoms with Gasteiger partial charge in [0.25, 0.3) is 6.43 Å². The Morgan fingerprint density at radius 1 is 0.947 bits per heavy atom. The summed E-state index contributed by atoms with van der Waals surface area (Å²) in [6.07, 6.45) is 3.18. The van der Waals surface area contributed by atoms with Crippen LogP contribution < -0.4 is 0 Å². The monoisotopic (exact) mass is 306 g/mol. The fourth-order valence-electron chi connectivity index (χ4n) is 0.889. The molecule has 0 aliphatic carbocycles. The van der Waals surface area contributed by atoms with Gasteiger partial charge in [0.2, 0.25) is 0 Å². The van der Waals surface area contributed by atoms with Crippen molar-refractivity contribution in [3.05, 3.63) is 46.5 Å². The van der Waals surface area contributed by atoms with Gasteiger partial charge < -0.3 is 0 Å². The normalized spacial score (nSPS) is 9.74. The van der Waals surface area contributed by atoms with E-state index in [0.717, 1.165) is 0 Å². The van der Waals surface area contributed by atoms with Crippen molar-refractivity contribution in [2.45, 2.75) is 6.43 Å². The van der Waals surface area contributed by atoms with Gasteiger partial charge in [0, 0.05) is 24.8 Å². The predicted octanol–water partition coefficient (Wildman–Crippen LogP) is 3.01. The van der Waals surface area contributed by atoms with Crippen molar-refractivity contribution in [1.29, 1.82) is 0 Å². The molecule has 5 nitrogen and oxygen atoms in total. The summed E-state index contributed by atoms with van der Waals surface area (Å²) in [5.41, 5.74) is -0.289. The second-order valence-corrected chi connectivity index (χ2v) is 3.60. The molecule has 0 radical (unpaired) electrons. The minimum atomic E-state index is -2.65. The number of rotatable bonds is 2. The van der Waals surface area contributed by atoms with Crippen molar-refractivity contribution in [2.75, 3.05) is 0 Å². The molecule has 0 amide bonds. The Hall–Kier alpha value is -1.73. The number of aromatic nitrogens is 4. The Kier molecular flexibility index (Phi) is 6.17. The quantitative estimate of drug-likeness (QED) is 0.798. The molecule has 0 aromatic carbocycles. The maximum atomic E-state index is 11.8. The molecule has 100 valence electrons. The van der Waals surface area contributed by atoms with Gasteiger partial charge in [-0.25, -0.2) is 23.7 Å². The van der Waals surface area contributed by atoms with Gasteiger partial charge in [-0.3, -0.25) is 9.78 Å². The molecular formula is C10H6Cl2F2N4O. The molecule has 2 heterocycles. The molecule has 0 spiro atoms. The maximum Gasteiger partial charge on any atom is 0.283 e. The minimum absolute atomic E-state index is 0.146. The Balaban J connectivity index is 0.000000191. The lowest BCUT2D eigenvalue weighted by molar-refractivity contribution is 0.111. The zero-order chi connectivity index (χ0) is 14.3. The standard InChI is InChI=1S/C5H3ClF2N2.C5H3ClN2O/c6-4-3(5(7)8)9-1-2-10-4;6-5-4(3-9)7-1-2-8-5/h1-2,5H;1-3H. The van der Waals surface area contributed by atoms with Gasteiger partial charge in [0.05, 0.1) is 0 Å². The number of aldehydes is 1. The molecule has 0 saturated heterocycles. The fourth-order valence-corrected chi connectivity index (χ4v) is 1.23. The summed E-state index contributed by atoms with van der Waals surface area (Å²) in [5, 5.41) is -0.0926. The van der Waals surface area contributed by atoms with Crippen LogP contribution in [0.1, 0.15) is 22.6 Å². The number of carbonyl (C=O) groups excluding carboxylic acids is 1. The molecular weight excluding hydrogens is 301 g/mol. The van der Waals surface area contributed by atoms with Crippen molar-refractivity contribution < 1.29 is 13.6 Å². The molecule has 0 bridgehead atoms. The highest BCUT2D eigenvalue weighted by Gasteiger charge is 2.12. The number of carbonyl (C=O) groups is 1. The van der Waals surface area contributed by atoms with Crippen LogP contribution in [0, 0.1) is 0 Å². The molecule has 2 rings (SSSR count). The predicted molar refractivity (Wildman–Crippen MR) is 64.4 cm³/mol. The third-order valence-corrected chi connectivity index (χ3v) is 2.26. The van der Waals surface area contributed by atoms with E-state index in [2.05, 4.69) is 19.9 Å². The molecule has 0 N–H and O–H groups in total. The first-order chi connectivity index (χ1) is 9.06. The van der Waals surface area contributed by atoms with E-state index in [1.165, 1.54) is 24.8 Å². The molecule has 9 heteroatoms. The highest BCUT2D eigenvalue weighted by Crippen LogP contribution is 2.21. The van der Waals surface area contributed by atoms with Crippen LogP contribution in [0.4, 0.5) is 8.78 Å². The van der Waals surface area contributed by atoms with E-state index in [-0.39, 0.29) is 16.0 Å². The van der Waals surface area contributed by atoms with Crippen molar-refractivity contribution in [3.8, 4) is 0 Å². The summed E-state index contributed by atoms with van der Waals surface area (Å²) >= 11 is 10.7. The lowest BCUT2D eigenvalue weighted by Gasteiger charge is -1.97. The number of hydrogen-bond acceptors (Lipinski definition) is 5. The number of halogens is 4. The summed E-state index contributed by atoms with van der Waals surface area (Å²) in [6, 6.07) is 0. The second-order valence-electron chi connectivity index (χ2n) is 2.88. The van der Waals surface area contributed by atoms with Crippen LogP contribution in [0.15, 0.2) is 24.8 Å². The van der Waals surface area contributed by atoms with Crippen LogP contribution >= 0.6 is 23.2 Å². The SMILES string of the molecule is FC(F)c1nccnc1Cl.O=Cc1nccnc1Cl. The fraction of sp³-hybridized carbons (Fsp3) is 0.100. The molecule has 0 unspecified atom stereocenters. The molecule has 0 atom stereocenters. The third kappa shape index (κ3) is 4.80. The lowest BCUT2D eigenvalue weighted by Crippen LogP contribution is -1.91. The number of alkyl halides is 2. The molecule has 19 heavy (non-hydrogen) atoms. The van der Waals surface area contributed by atoms with E-state index in [1.807, 2.05) is 0 Å². The van der Waals surface area contributed by atoms with Crippen molar-refractivity contribution in [3.63, 3.8) is 0 Å². The second kappa shape index (κ2) is 7.65. The van der Waals surface area contributed by atoms with E-state index in [4.69, 9.17) is 23.2 Å². The van der Waals surface area contributed by atoms with Gasteiger partial charge in [-0.2, -0.15) is 0 Å². The summed E-state index contributed by atoms with van der Waals surface area (Å²) in [7, 11) is 0. The van der Waals surface area contributed by atoms with Gasteiger partial charge in [0.15, 0.2) is 16.6 Å². The molecule has 0 fully saturated rings. The zero-order valence-corrected chi connectivity index (χ0v) is 10.7. The highest BCUT2D eigenvalue weighted by molar-refractivity contribution is 6.31. The van der Waals surface area contributed by atoms with E-state index in [0.29, 0.717) is 6.29 Å². The van der Waals surface area contributed by atoms with E-state index >= 15 is 0 Å². The molecule has 0 aliphatic heterocycles. The minimum Gasteiger partial charge on any atom is -0.296 e. The average molecular weight is 307 g/mol. The Labute approximate surface area is 116 Å². The number of hydrogen-bond donors (Lipinski definition) is 0. The van der Waals surface area contributed by atoms with Crippen molar-refractivity contribution in [1.82, 2.24) is 19.9 Å². The molecule has 2 aromatic rings. The Morgan fingerprint density at radius 2 is 1.47 bits per heavy atom. The van der Waals surface area contributed by atoms with Crippen LogP contribution in [0.3, 0.4) is 0 Å². The van der Waals surface area contributed by atoms with Crippen LogP contribution in [0.5, 0.6) is 0 Å². The first kappa shape index (κ1) is 15.3. The van der Waals surface area contributed by atoms with E-state index in [1.54, 1.807) is 0 Å². The summed E-state index contributed by atoms with van der Waals surface area (Å²) in [6.45, 7) is 0. The third-order valence-electron chi connectivity index (χ3n) is 1.68. The van der Waals surface area contributed by atoms with Gasteiger partial charge in [0.1, 0.15) is 11.4 Å². The topological polar surface area (TPSA) is 68.6 Å². The van der Waals surface area contributed by atoms with Crippen LogP contribution in [-0.2, 0) is 0 Å². The Morgan fingerprint density at radius 3 is 1.84 bits per heavy atom. The van der Waals surface area contributed by atoms with Gasteiger partial charge in [-0.1, -0.05) is 23.2 Å². The van der Waals surface area contributed by atoms with E-state index in [9.17, 15) is 13.6 Å².